The first kappa shape index (κ1) is 22.9. The van der Waals surface area contributed by atoms with Crippen LogP contribution in [0.25, 0.3) is 0 Å². The molecule has 0 aliphatic carbocycles. The molecular weight excluding hydrogens is 386 g/mol. The number of hydrogen-bond acceptors (Lipinski definition) is 6. The Morgan fingerprint density at radius 1 is 1.00 bits per heavy atom. The number of methoxy groups -OCH3 is 2. The van der Waals surface area contributed by atoms with E-state index in [2.05, 4.69) is 0 Å². The Hall–Kier alpha value is -3.42. The fourth-order valence-corrected chi connectivity index (χ4v) is 2.92. The van der Waals surface area contributed by atoms with Crippen molar-refractivity contribution in [3.8, 4) is 17.2 Å². The average molecular weight is 415 g/mol. The second-order valence-corrected chi connectivity index (χ2v) is 6.85. The molecule has 0 aliphatic rings. The highest BCUT2D eigenvalue weighted by Gasteiger charge is 2.21. The molecule has 0 spiro atoms. The van der Waals surface area contributed by atoms with Gasteiger partial charge < -0.3 is 29.7 Å². The number of hydrogen-bond donors (Lipinski definition) is 1. The van der Waals surface area contributed by atoms with Crippen molar-refractivity contribution in [2.75, 3.05) is 46.4 Å². The molecule has 2 aromatic carbocycles. The van der Waals surface area contributed by atoms with Crippen LogP contribution in [0.2, 0.25) is 0 Å². The summed E-state index contributed by atoms with van der Waals surface area (Å²) in [4.78, 5) is 28.0. The molecule has 0 aliphatic heterocycles. The molecule has 0 unspecified atom stereocenters. The Bertz CT molecular complexity index is 856. The zero-order valence-electron chi connectivity index (χ0n) is 18.1. The van der Waals surface area contributed by atoms with Crippen molar-refractivity contribution in [1.82, 2.24) is 4.90 Å². The average Bonchev–Trinajstić information content (AvgIpc) is 2.75. The van der Waals surface area contributed by atoms with Crippen LogP contribution in [0.5, 0.6) is 17.2 Å². The molecule has 0 aromatic heterocycles. The van der Waals surface area contributed by atoms with Gasteiger partial charge in [0, 0.05) is 38.4 Å². The lowest BCUT2D eigenvalue weighted by atomic mass is 10.1. The van der Waals surface area contributed by atoms with Gasteiger partial charge in [-0.05, 0) is 36.8 Å². The van der Waals surface area contributed by atoms with Crippen LogP contribution in [0, 0.1) is 0 Å². The first-order valence-electron chi connectivity index (χ1n) is 9.53. The smallest absolute Gasteiger partial charge is 0.255 e. The van der Waals surface area contributed by atoms with Crippen LogP contribution in [0.4, 0.5) is 5.69 Å². The fourth-order valence-electron chi connectivity index (χ4n) is 2.92. The summed E-state index contributed by atoms with van der Waals surface area (Å²) in [7, 11) is 6.86. The molecule has 8 heteroatoms. The van der Waals surface area contributed by atoms with Gasteiger partial charge in [0.15, 0.2) is 18.1 Å². The van der Waals surface area contributed by atoms with Gasteiger partial charge in [0.1, 0.15) is 0 Å². The molecule has 2 amide bonds. The third-order valence-corrected chi connectivity index (χ3v) is 4.56. The van der Waals surface area contributed by atoms with Crippen molar-refractivity contribution < 1.29 is 23.8 Å². The van der Waals surface area contributed by atoms with Gasteiger partial charge in [-0.15, -0.1) is 0 Å². The van der Waals surface area contributed by atoms with Gasteiger partial charge in [0.05, 0.1) is 14.2 Å². The Labute approximate surface area is 177 Å². The number of benzene rings is 2. The molecule has 0 fully saturated rings. The van der Waals surface area contributed by atoms with E-state index in [1.807, 2.05) is 50.2 Å². The number of rotatable bonds is 10. The molecule has 2 aromatic rings. The van der Waals surface area contributed by atoms with Crippen LogP contribution in [-0.2, 0) is 11.3 Å². The van der Waals surface area contributed by atoms with E-state index in [0.717, 1.165) is 11.3 Å². The summed E-state index contributed by atoms with van der Waals surface area (Å²) in [5.41, 5.74) is 7.66. The minimum Gasteiger partial charge on any atom is -0.493 e. The largest absolute Gasteiger partial charge is 0.493 e. The van der Waals surface area contributed by atoms with Crippen molar-refractivity contribution in [2.45, 2.75) is 13.5 Å². The Kier molecular flexibility index (Phi) is 7.91. The zero-order chi connectivity index (χ0) is 22.3. The molecule has 2 rings (SSSR count). The first-order chi connectivity index (χ1) is 14.3. The molecular formula is C22H29N3O5. The molecule has 162 valence electrons. The molecule has 30 heavy (non-hydrogen) atoms. The minimum atomic E-state index is -0.628. The number of amides is 2. The monoisotopic (exact) mass is 415 g/mol. The van der Waals surface area contributed by atoms with Crippen molar-refractivity contribution >= 4 is 17.5 Å². The third kappa shape index (κ3) is 5.56. The topological polar surface area (TPSA) is 94.3 Å². The number of primary amides is 1. The number of ether oxygens (including phenoxy) is 3. The molecule has 0 bridgehead atoms. The standard InChI is InChI=1S/C22H29N3O5/c1-6-25(13-15-7-9-17(10-8-15)24(2)3)22(27)16-11-18(28-4)21(19(12-16)29-5)30-14-20(23)26/h7-12H,6,13-14H2,1-5H3,(H2,23,26). The lowest BCUT2D eigenvalue weighted by molar-refractivity contribution is -0.120. The van der Waals surface area contributed by atoms with Crippen molar-refractivity contribution in [3.63, 3.8) is 0 Å². The van der Waals surface area contributed by atoms with E-state index in [-0.39, 0.29) is 29.8 Å². The highest BCUT2D eigenvalue weighted by Crippen LogP contribution is 2.39. The van der Waals surface area contributed by atoms with Crippen LogP contribution in [0.15, 0.2) is 36.4 Å². The second kappa shape index (κ2) is 10.4. The lowest BCUT2D eigenvalue weighted by Crippen LogP contribution is -2.30. The predicted octanol–water partition coefficient (Wildman–Crippen LogP) is 2.30. The van der Waals surface area contributed by atoms with Gasteiger partial charge >= 0.3 is 0 Å². The van der Waals surface area contributed by atoms with E-state index >= 15 is 0 Å². The highest BCUT2D eigenvalue weighted by molar-refractivity contribution is 5.95. The number of nitrogens with zero attached hydrogens (tertiary/aromatic N) is 2. The Morgan fingerprint density at radius 2 is 1.57 bits per heavy atom. The fraction of sp³-hybridized carbons (Fsp3) is 0.364. The summed E-state index contributed by atoms with van der Waals surface area (Å²) < 4.78 is 16.1. The quantitative estimate of drug-likeness (QED) is 0.640. The van der Waals surface area contributed by atoms with Gasteiger partial charge in [0.2, 0.25) is 5.75 Å². The van der Waals surface area contributed by atoms with Gasteiger partial charge in [0.25, 0.3) is 11.8 Å². The summed E-state index contributed by atoms with van der Waals surface area (Å²) in [6.45, 7) is 2.58. The van der Waals surface area contributed by atoms with E-state index in [4.69, 9.17) is 19.9 Å². The number of nitrogens with two attached hydrogens (primary N) is 1. The van der Waals surface area contributed by atoms with E-state index in [0.29, 0.717) is 18.7 Å². The summed E-state index contributed by atoms with van der Waals surface area (Å²) in [6.07, 6.45) is 0. The van der Waals surface area contributed by atoms with Gasteiger partial charge in [-0.3, -0.25) is 9.59 Å². The van der Waals surface area contributed by atoms with Crippen LogP contribution < -0.4 is 24.8 Å². The molecule has 0 heterocycles. The highest BCUT2D eigenvalue weighted by atomic mass is 16.5. The van der Waals surface area contributed by atoms with Gasteiger partial charge in [-0.2, -0.15) is 0 Å². The van der Waals surface area contributed by atoms with E-state index in [1.165, 1.54) is 14.2 Å². The number of anilines is 1. The zero-order valence-corrected chi connectivity index (χ0v) is 18.1. The SMILES string of the molecule is CCN(Cc1ccc(N(C)C)cc1)C(=O)c1cc(OC)c(OCC(N)=O)c(OC)c1. The van der Waals surface area contributed by atoms with E-state index in [1.54, 1.807) is 17.0 Å². The predicted molar refractivity (Wildman–Crippen MR) is 115 cm³/mol. The van der Waals surface area contributed by atoms with E-state index < -0.39 is 5.91 Å². The van der Waals surface area contributed by atoms with Gasteiger partial charge in [-0.1, -0.05) is 12.1 Å². The summed E-state index contributed by atoms with van der Waals surface area (Å²) in [5, 5.41) is 0. The maximum Gasteiger partial charge on any atom is 0.255 e. The van der Waals surface area contributed by atoms with Crippen LogP contribution in [0.1, 0.15) is 22.8 Å². The normalized spacial score (nSPS) is 10.3. The molecule has 2 N–H and O–H groups in total. The maximum absolute atomic E-state index is 13.2. The summed E-state index contributed by atoms with van der Waals surface area (Å²) >= 11 is 0. The van der Waals surface area contributed by atoms with Crippen molar-refractivity contribution in [3.05, 3.63) is 47.5 Å². The maximum atomic E-state index is 13.2. The van der Waals surface area contributed by atoms with Crippen LogP contribution >= 0.6 is 0 Å². The molecule has 0 saturated heterocycles. The second-order valence-electron chi connectivity index (χ2n) is 6.85. The van der Waals surface area contributed by atoms with Crippen molar-refractivity contribution in [1.29, 1.82) is 0 Å². The molecule has 0 saturated carbocycles. The molecule has 0 atom stereocenters. The Balaban J connectivity index is 2.29. The molecule has 0 radical (unpaired) electrons. The minimum absolute atomic E-state index is 0.174. The summed E-state index contributed by atoms with van der Waals surface area (Å²) in [5.74, 6) is -0.0164. The number of carbonyl (C=O) groups excluding carboxylic acids is 2. The molecule has 8 nitrogen and oxygen atoms in total. The Morgan fingerprint density at radius 3 is 2.00 bits per heavy atom. The van der Waals surface area contributed by atoms with Crippen molar-refractivity contribution in [2.24, 2.45) is 5.73 Å². The summed E-state index contributed by atoms with van der Waals surface area (Å²) in [6, 6.07) is 11.2. The first-order valence-corrected chi connectivity index (χ1v) is 9.53. The lowest BCUT2D eigenvalue weighted by Gasteiger charge is -2.23. The van der Waals surface area contributed by atoms with Crippen LogP contribution in [0.3, 0.4) is 0 Å². The van der Waals surface area contributed by atoms with E-state index in [9.17, 15) is 9.59 Å². The van der Waals surface area contributed by atoms with Gasteiger partial charge in [-0.25, -0.2) is 0 Å². The third-order valence-electron chi connectivity index (χ3n) is 4.56. The number of carbonyl (C=O) groups is 2. The van der Waals surface area contributed by atoms with Crippen LogP contribution in [-0.4, -0.2) is 58.2 Å².